The van der Waals surface area contributed by atoms with Gasteiger partial charge in [-0.25, -0.2) is 9.18 Å². The van der Waals surface area contributed by atoms with Crippen molar-refractivity contribution in [1.82, 2.24) is 0 Å². The molecule has 0 aliphatic rings. The number of hydrogen-bond acceptors (Lipinski definition) is 5. The van der Waals surface area contributed by atoms with Crippen LogP contribution in [-0.2, 0) is 9.53 Å². The van der Waals surface area contributed by atoms with Gasteiger partial charge in [0.1, 0.15) is 5.75 Å². The summed E-state index contributed by atoms with van der Waals surface area (Å²) in [7, 11) is 1.33. The molecule has 0 heterocycles. The van der Waals surface area contributed by atoms with Crippen LogP contribution in [-0.4, -0.2) is 32.1 Å². The highest BCUT2D eigenvalue weighted by molar-refractivity contribution is 5.98. The van der Waals surface area contributed by atoms with Crippen LogP contribution < -0.4 is 9.47 Å². The second-order valence-electron chi connectivity index (χ2n) is 6.08. The van der Waals surface area contributed by atoms with E-state index in [2.05, 4.69) is 0 Å². The molecule has 0 saturated heterocycles. The van der Waals surface area contributed by atoms with Gasteiger partial charge in [0.15, 0.2) is 30.6 Å². The zero-order valence-electron chi connectivity index (χ0n) is 15.8. The normalized spacial score (nSPS) is 10.3. The fraction of sp³-hybridized carbons (Fsp3) is 0.130. The molecule has 0 fully saturated rings. The summed E-state index contributed by atoms with van der Waals surface area (Å²) in [4.78, 5) is 24.1. The standard InChI is InChI=1S/C23H19FO5/c1-27-22-12-11-17(13-19(22)24)20(25)14-29-23(26)15-28-21-10-6-5-9-18(21)16-7-3-2-4-8-16/h2-13H,14-15H2,1H3. The van der Waals surface area contributed by atoms with Gasteiger partial charge >= 0.3 is 5.97 Å². The molecule has 0 N–H and O–H groups in total. The Hall–Kier alpha value is -3.67. The Morgan fingerprint density at radius 2 is 1.59 bits per heavy atom. The van der Waals surface area contributed by atoms with E-state index in [1.54, 1.807) is 12.1 Å². The second kappa shape index (κ2) is 9.50. The Bertz CT molecular complexity index is 1000. The highest BCUT2D eigenvalue weighted by Gasteiger charge is 2.14. The third-order valence-corrected chi connectivity index (χ3v) is 4.16. The minimum atomic E-state index is -0.699. The van der Waals surface area contributed by atoms with Crippen molar-refractivity contribution in [2.24, 2.45) is 0 Å². The lowest BCUT2D eigenvalue weighted by Gasteiger charge is -2.11. The maximum atomic E-state index is 13.7. The maximum absolute atomic E-state index is 13.7. The number of rotatable bonds is 8. The van der Waals surface area contributed by atoms with E-state index in [9.17, 15) is 14.0 Å². The number of halogens is 1. The van der Waals surface area contributed by atoms with E-state index in [-0.39, 0.29) is 17.9 Å². The molecule has 0 saturated carbocycles. The highest BCUT2D eigenvalue weighted by atomic mass is 19.1. The smallest absolute Gasteiger partial charge is 0.344 e. The highest BCUT2D eigenvalue weighted by Crippen LogP contribution is 2.29. The van der Waals surface area contributed by atoms with E-state index in [1.165, 1.54) is 19.2 Å². The van der Waals surface area contributed by atoms with Gasteiger partial charge in [-0.15, -0.1) is 0 Å². The first kappa shape index (κ1) is 20.1. The molecule has 3 aromatic carbocycles. The Kier molecular flexibility index (Phi) is 6.58. The van der Waals surface area contributed by atoms with Crippen LogP contribution in [0.1, 0.15) is 10.4 Å². The third-order valence-electron chi connectivity index (χ3n) is 4.16. The number of para-hydroxylation sites is 1. The molecule has 0 spiro atoms. The van der Waals surface area contributed by atoms with Gasteiger partial charge in [-0.05, 0) is 29.8 Å². The molecular weight excluding hydrogens is 375 g/mol. The molecule has 148 valence electrons. The summed E-state index contributed by atoms with van der Waals surface area (Å²) in [5, 5.41) is 0. The lowest BCUT2D eigenvalue weighted by Crippen LogP contribution is -2.19. The molecule has 6 heteroatoms. The number of esters is 1. The first-order chi connectivity index (χ1) is 14.1. The van der Waals surface area contributed by atoms with Crippen LogP contribution in [0.4, 0.5) is 4.39 Å². The molecule has 0 atom stereocenters. The summed E-state index contributed by atoms with van der Waals surface area (Å²) >= 11 is 0. The third kappa shape index (κ3) is 5.19. The zero-order chi connectivity index (χ0) is 20.6. The minimum Gasteiger partial charge on any atom is -0.494 e. The predicted octanol–water partition coefficient (Wildman–Crippen LogP) is 4.31. The molecule has 3 aromatic rings. The second-order valence-corrected chi connectivity index (χ2v) is 6.08. The van der Waals surface area contributed by atoms with Crippen molar-refractivity contribution in [3.63, 3.8) is 0 Å². The van der Waals surface area contributed by atoms with Gasteiger partial charge in [0.25, 0.3) is 0 Å². The first-order valence-corrected chi connectivity index (χ1v) is 8.88. The summed E-state index contributed by atoms with van der Waals surface area (Å²) < 4.78 is 29.0. The number of benzene rings is 3. The van der Waals surface area contributed by atoms with Crippen LogP contribution in [0.3, 0.4) is 0 Å². The molecule has 0 bridgehead atoms. The quantitative estimate of drug-likeness (QED) is 0.421. The van der Waals surface area contributed by atoms with Crippen molar-refractivity contribution in [2.45, 2.75) is 0 Å². The number of ketones is 1. The van der Waals surface area contributed by atoms with Crippen molar-refractivity contribution < 1.29 is 28.2 Å². The van der Waals surface area contributed by atoms with Gasteiger partial charge in [0.05, 0.1) is 7.11 Å². The molecule has 0 aliphatic heterocycles. The Labute approximate surface area is 167 Å². The molecule has 0 radical (unpaired) electrons. The van der Waals surface area contributed by atoms with Gasteiger partial charge in [-0.1, -0.05) is 48.5 Å². The number of carbonyl (C=O) groups excluding carboxylic acids is 2. The number of Topliss-reactive ketones (excluding diaryl/α,β-unsaturated/α-hetero) is 1. The van der Waals surface area contributed by atoms with Crippen molar-refractivity contribution in [1.29, 1.82) is 0 Å². The Balaban J connectivity index is 1.56. The van der Waals surface area contributed by atoms with Crippen molar-refractivity contribution in [2.75, 3.05) is 20.3 Å². The average molecular weight is 394 g/mol. The summed E-state index contributed by atoms with van der Waals surface area (Å²) in [5.41, 5.74) is 1.88. The largest absolute Gasteiger partial charge is 0.494 e. The molecule has 29 heavy (non-hydrogen) atoms. The van der Waals surface area contributed by atoms with Crippen LogP contribution in [0, 0.1) is 5.82 Å². The van der Waals surface area contributed by atoms with Crippen LogP contribution in [0.25, 0.3) is 11.1 Å². The van der Waals surface area contributed by atoms with Crippen molar-refractivity contribution in [3.05, 3.63) is 84.2 Å². The van der Waals surface area contributed by atoms with Crippen LogP contribution in [0.2, 0.25) is 0 Å². The monoisotopic (exact) mass is 394 g/mol. The van der Waals surface area contributed by atoms with E-state index in [1.807, 2.05) is 42.5 Å². The molecule has 0 amide bonds. The number of hydrogen-bond donors (Lipinski definition) is 0. The number of carbonyl (C=O) groups is 2. The summed E-state index contributed by atoms with van der Waals surface area (Å²) in [6.45, 7) is -0.859. The van der Waals surface area contributed by atoms with Crippen LogP contribution in [0.15, 0.2) is 72.8 Å². The molecule has 3 rings (SSSR count). The minimum absolute atomic E-state index is 0.0315. The summed E-state index contributed by atoms with van der Waals surface area (Å²) in [6, 6.07) is 20.7. The summed E-state index contributed by atoms with van der Waals surface area (Å²) in [5.74, 6) is -1.33. The van der Waals surface area contributed by atoms with Crippen molar-refractivity contribution >= 4 is 11.8 Å². The van der Waals surface area contributed by atoms with Crippen LogP contribution >= 0.6 is 0 Å². The Morgan fingerprint density at radius 3 is 2.31 bits per heavy atom. The lowest BCUT2D eigenvalue weighted by atomic mass is 10.1. The lowest BCUT2D eigenvalue weighted by molar-refractivity contribution is -0.144. The predicted molar refractivity (Wildman–Crippen MR) is 106 cm³/mol. The van der Waals surface area contributed by atoms with Gasteiger partial charge in [0, 0.05) is 11.1 Å². The SMILES string of the molecule is COc1ccc(C(=O)COC(=O)COc2ccccc2-c2ccccc2)cc1F. The Morgan fingerprint density at radius 1 is 0.862 bits per heavy atom. The van der Waals surface area contributed by atoms with E-state index in [0.717, 1.165) is 17.2 Å². The first-order valence-electron chi connectivity index (χ1n) is 8.88. The van der Waals surface area contributed by atoms with E-state index >= 15 is 0 Å². The van der Waals surface area contributed by atoms with Crippen LogP contribution in [0.5, 0.6) is 11.5 Å². The van der Waals surface area contributed by atoms with E-state index in [4.69, 9.17) is 14.2 Å². The molecule has 0 aromatic heterocycles. The van der Waals surface area contributed by atoms with Gasteiger partial charge in [0.2, 0.25) is 0 Å². The van der Waals surface area contributed by atoms with Gasteiger partial charge in [-0.3, -0.25) is 4.79 Å². The fourth-order valence-corrected chi connectivity index (χ4v) is 2.70. The molecule has 5 nitrogen and oxygen atoms in total. The van der Waals surface area contributed by atoms with Gasteiger partial charge < -0.3 is 14.2 Å². The maximum Gasteiger partial charge on any atom is 0.344 e. The number of methoxy groups -OCH3 is 1. The topological polar surface area (TPSA) is 61.8 Å². The number of ether oxygens (including phenoxy) is 3. The van der Waals surface area contributed by atoms with Gasteiger partial charge in [-0.2, -0.15) is 0 Å². The molecule has 0 aliphatic carbocycles. The molecular formula is C23H19FO5. The summed E-state index contributed by atoms with van der Waals surface area (Å²) in [6.07, 6.45) is 0. The average Bonchev–Trinajstić information content (AvgIpc) is 2.76. The zero-order valence-corrected chi connectivity index (χ0v) is 15.8. The van der Waals surface area contributed by atoms with Crippen molar-refractivity contribution in [3.8, 4) is 22.6 Å². The fourth-order valence-electron chi connectivity index (χ4n) is 2.70. The molecule has 0 unspecified atom stereocenters. The van der Waals surface area contributed by atoms with E-state index < -0.39 is 24.2 Å². The van der Waals surface area contributed by atoms with E-state index in [0.29, 0.717) is 5.75 Å².